The molecule has 0 bridgehead atoms. The first-order chi connectivity index (χ1) is 13.3. The summed E-state index contributed by atoms with van der Waals surface area (Å²) in [6.45, 7) is 0. The summed E-state index contributed by atoms with van der Waals surface area (Å²) in [7, 11) is 0. The van der Waals surface area contributed by atoms with E-state index in [2.05, 4.69) is 25.3 Å². The highest BCUT2D eigenvalue weighted by atomic mass is 19.4. The smallest absolute Gasteiger partial charge is 0.337 e. The van der Waals surface area contributed by atoms with Crippen molar-refractivity contribution in [2.45, 2.75) is 6.18 Å². The number of pyridine rings is 2. The molecule has 3 aromatic heterocycles. The van der Waals surface area contributed by atoms with Gasteiger partial charge in [-0.15, -0.1) is 0 Å². The SMILES string of the molecule is Fc1cnc(Nc2cc3nc(-c4cccc(C(F)(F)F)c4)[nH]c3cn2)c(F)c1. The number of nitrogens with one attached hydrogen (secondary N) is 2. The van der Waals surface area contributed by atoms with Crippen LogP contribution in [0.3, 0.4) is 0 Å². The van der Waals surface area contributed by atoms with E-state index in [1.807, 2.05) is 0 Å². The zero-order valence-corrected chi connectivity index (χ0v) is 13.9. The third-order valence-corrected chi connectivity index (χ3v) is 3.89. The number of rotatable bonds is 3. The summed E-state index contributed by atoms with van der Waals surface area (Å²) < 4.78 is 65.3. The Balaban J connectivity index is 1.67. The molecule has 5 nitrogen and oxygen atoms in total. The molecule has 0 aliphatic rings. The molecular weight excluding hydrogens is 381 g/mol. The average Bonchev–Trinajstić information content (AvgIpc) is 3.07. The van der Waals surface area contributed by atoms with E-state index in [-0.39, 0.29) is 23.0 Å². The molecule has 10 heteroatoms. The number of anilines is 2. The molecule has 28 heavy (non-hydrogen) atoms. The van der Waals surface area contributed by atoms with Crippen molar-refractivity contribution in [2.75, 3.05) is 5.32 Å². The molecule has 0 atom stereocenters. The van der Waals surface area contributed by atoms with Crippen LogP contribution in [0.5, 0.6) is 0 Å². The van der Waals surface area contributed by atoms with Crippen molar-refractivity contribution in [1.29, 1.82) is 0 Å². The highest BCUT2D eigenvalue weighted by Crippen LogP contribution is 2.32. The van der Waals surface area contributed by atoms with Gasteiger partial charge < -0.3 is 10.3 Å². The number of aromatic nitrogens is 4. The molecule has 142 valence electrons. The van der Waals surface area contributed by atoms with Gasteiger partial charge in [0.25, 0.3) is 0 Å². The van der Waals surface area contributed by atoms with E-state index >= 15 is 0 Å². The lowest BCUT2D eigenvalue weighted by molar-refractivity contribution is -0.137. The predicted molar refractivity (Wildman–Crippen MR) is 91.8 cm³/mol. The predicted octanol–water partition coefficient (Wildman–Crippen LogP) is 5.06. The molecule has 0 radical (unpaired) electrons. The first-order valence-electron chi connectivity index (χ1n) is 7.91. The number of H-pyrrole nitrogens is 1. The van der Waals surface area contributed by atoms with Crippen molar-refractivity contribution in [2.24, 2.45) is 0 Å². The van der Waals surface area contributed by atoms with Crippen LogP contribution in [0.15, 0.2) is 48.8 Å². The van der Waals surface area contributed by atoms with E-state index in [1.54, 1.807) is 0 Å². The summed E-state index contributed by atoms with van der Waals surface area (Å²) in [5, 5.41) is 2.60. The lowest BCUT2D eigenvalue weighted by Crippen LogP contribution is -2.04. The molecule has 0 amide bonds. The maximum atomic E-state index is 13.7. The standard InChI is InChI=1S/C18H10F5N5/c19-11-5-12(20)17(25-7-11)28-15-6-13-14(8-24-15)27-16(26-13)9-2-1-3-10(4-9)18(21,22)23/h1-8H,(H,26,27)(H,24,25,28). The van der Waals surface area contributed by atoms with Crippen molar-refractivity contribution in [3.63, 3.8) is 0 Å². The van der Waals surface area contributed by atoms with Crippen LogP contribution >= 0.6 is 0 Å². The highest BCUT2D eigenvalue weighted by molar-refractivity contribution is 5.81. The number of benzene rings is 1. The summed E-state index contributed by atoms with van der Waals surface area (Å²) in [4.78, 5) is 14.8. The van der Waals surface area contributed by atoms with Crippen LogP contribution in [-0.2, 0) is 6.18 Å². The quantitative estimate of drug-likeness (QED) is 0.479. The third kappa shape index (κ3) is 3.48. The van der Waals surface area contributed by atoms with E-state index in [4.69, 9.17) is 0 Å². The second-order valence-electron chi connectivity index (χ2n) is 5.86. The maximum Gasteiger partial charge on any atom is 0.416 e. The maximum absolute atomic E-state index is 13.7. The van der Waals surface area contributed by atoms with Crippen LogP contribution in [0.2, 0.25) is 0 Å². The van der Waals surface area contributed by atoms with Gasteiger partial charge in [-0.3, -0.25) is 0 Å². The van der Waals surface area contributed by atoms with Crippen LogP contribution in [0.25, 0.3) is 22.4 Å². The average molecular weight is 391 g/mol. The van der Waals surface area contributed by atoms with Gasteiger partial charge in [0.15, 0.2) is 11.6 Å². The molecule has 0 saturated carbocycles. The van der Waals surface area contributed by atoms with E-state index in [1.165, 1.54) is 24.4 Å². The highest BCUT2D eigenvalue weighted by Gasteiger charge is 2.30. The minimum absolute atomic E-state index is 0.188. The number of alkyl halides is 3. The molecule has 0 aliphatic heterocycles. The summed E-state index contributed by atoms with van der Waals surface area (Å²) >= 11 is 0. The van der Waals surface area contributed by atoms with Gasteiger partial charge in [0.2, 0.25) is 0 Å². The van der Waals surface area contributed by atoms with Gasteiger partial charge >= 0.3 is 6.18 Å². The Labute approximate surface area is 154 Å². The summed E-state index contributed by atoms with van der Waals surface area (Å²) in [5.74, 6) is -1.52. The van der Waals surface area contributed by atoms with Crippen molar-refractivity contribution in [1.82, 2.24) is 19.9 Å². The fourth-order valence-corrected chi connectivity index (χ4v) is 2.59. The van der Waals surface area contributed by atoms with Crippen LogP contribution in [0.1, 0.15) is 5.56 Å². The van der Waals surface area contributed by atoms with E-state index in [0.717, 1.165) is 18.3 Å². The second kappa shape index (κ2) is 6.55. The van der Waals surface area contributed by atoms with Crippen molar-refractivity contribution in [3.8, 4) is 11.4 Å². The fourth-order valence-electron chi connectivity index (χ4n) is 2.59. The Morgan fingerprint density at radius 2 is 1.79 bits per heavy atom. The molecule has 0 aliphatic carbocycles. The van der Waals surface area contributed by atoms with Gasteiger partial charge in [0.1, 0.15) is 17.5 Å². The number of imidazole rings is 1. The summed E-state index contributed by atoms with van der Waals surface area (Å²) in [5.41, 5.74) is 0.341. The second-order valence-corrected chi connectivity index (χ2v) is 5.86. The number of aromatic amines is 1. The monoisotopic (exact) mass is 391 g/mol. The normalized spacial score (nSPS) is 11.8. The number of nitrogens with zero attached hydrogens (tertiary/aromatic N) is 3. The van der Waals surface area contributed by atoms with Crippen LogP contribution in [0, 0.1) is 11.6 Å². The lowest BCUT2D eigenvalue weighted by atomic mass is 10.1. The largest absolute Gasteiger partial charge is 0.416 e. The molecule has 3 heterocycles. The van der Waals surface area contributed by atoms with Gasteiger partial charge in [0, 0.05) is 17.7 Å². The van der Waals surface area contributed by atoms with Crippen molar-refractivity contribution >= 4 is 22.7 Å². The van der Waals surface area contributed by atoms with Gasteiger partial charge in [-0.2, -0.15) is 13.2 Å². The fraction of sp³-hybridized carbons (Fsp3) is 0.0556. The molecule has 4 rings (SSSR count). The van der Waals surface area contributed by atoms with E-state index in [0.29, 0.717) is 17.1 Å². The number of hydrogen-bond donors (Lipinski definition) is 2. The molecule has 0 unspecified atom stereocenters. The number of fused-ring (bicyclic) bond motifs is 1. The Kier molecular flexibility index (Phi) is 4.17. The zero-order chi connectivity index (χ0) is 19.9. The molecular formula is C18H10F5N5. The van der Waals surface area contributed by atoms with Crippen molar-refractivity contribution < 1.29 is 22.0 Å². The zero-order valence-electron chi connectivity index (χ0n) is 13.9. The summed E-state index contributed by atoms with van der Waals surface area (Å²) in [6, 6.07) is 6.89. The van der Waals surface area contributed by atoms with Gasteiger partial charge in [-0.1, -0.05) is 12.1 Å². The first kappa shape index (κ1) is 17.8. The minimum atomic E-state index is -4.47. The molecule has 0 fully saturated rings. The Morgan fingerprint density at radius 1 is 0.964 bits per heavy atom. The van der Waals surface area contributed by atoms with Gasteiger partial charge in [-0.25, -0.2) is 23.7 Å². The molecule has 1 aromatic carbocycles. The third-order valence-electron chi connectivity index (χ3n) is 3.89. The topological polar surface area (TPSA) is 66.5 Å². The molecule has 0 saturated heterocycles. The van der Waals surface area contributed by atoms with Crippen LogP contribution in [0.4, 0.5) is 33.6 Å². The van der Waals surface area contributed by atoms with Gasteiger partial charge in [0.05, 0.1) is 29.0 Å². The molecule has 2 N–H and O–H groups in total. The van der Waals surface area contributed by atoms with E-state index in [9.17, 15) is 22.0 Å². The van der Waals surface area contributed by atoms with Gasteiger partial charge in [-0.05, 0) is 12.1 Å². The van der Waals surface area contributed by atoms with Crippen LogP contribution < -0.4 is 5.32 Å². The van der Waals surface area contributed by atoms with E-state index < -0.39 is 23.4 Å². The van der Waals surface area contributed by atoms with Crippen molar-refractivity contribution in [3.05, 3.63) is 66.0 Å². The Hall–Kier alpha value is -3.56. The minimum Gasteiger partial charge on any atom is -0.337 e. The number of hydrogen-bond acceptors (Lipinski definition) is 4. The molecule has 0 spiro atoms. The van der Waals surface area contributed by atoms with Crippen LogP contribution in [-0.4, -0.2) is 19.9 Å². The Bertz CT molecular complexity index is 1170. The lowest BCUT2D eigenvalue weighted by Gasteiger charge is -2.07. The number of halogens is 5. The molecule has 4 aromatic rings. The summed E-state index contributed by atoms with van der Waals surface area (Å²) in [6.07, 6.45) is -2.22. The Morgan fingerprint density at radius 3 is 2.54 bits per heavy atom. The first-order valence-corrected chi connectivity index (χ1v) is 7.91.